The highest BCUT2D eigenvalue weighted by molar-refractivity contribution is 6.05. The van der Waals surface area contributed by atoms with E-state index in [9.17, 15) is 14.7 Å². The van der Waals surface area contributed by atoms with Gasteiger partial charge in [-0.05, 0) is 53.8 Å². The van der Waals surface area contributed by atoms with Crippen LogP contribution in [0.4, 0.5) is 5.82 Å². The number of aryl methyl sites for hydroxylation is 1. The molecule has 4 N–H and O–H groups in total. The van der Waals surface area contributed by atoms with Crippen molar-refractivity contribution in [3.05, 3.63) is 77.0 Å². The van der Waals surface area contributed by atoms with E-state index in [1.165, 1.54) is 6.33 Å². The van der Waals surface area contributed by atoms with Crippen molar-refractivity contribution in [2.45, 2.75) is 25.4 Å². The molecule has 0 spiro atoms. The van der Waals surface area contributed by atoms with Gasteiger partial charge in [-0.1, -0.05) is 6.07 Å². The fraction of sp³-hybridized carbons (Fsp3) is 0.182. The van der Waals surface area contributed by atoms with Crippen LogP contribution in [-0.2, 0) is 13.0 Å². The average molecular weight is 429 g/mol. The Bertz CT molecular complexity index is 1320. The number of benzene rings is 1. The summed E-state index contributed by atoms with van der Waals surface area (Å²) in [6.07, 6.45) is 6.17. The van der Waals surface area contributed by atoms with Crippen LogP contribution in [0.5, 0.6) is 0 Å². The molecule has 5 rings (SSSR count). The molecule has 0 saturated carbocycles. The fourth-order valence-electron chi connectivity index (χ4n) is 3.94. The molecule has 0 radical (unpaired) electrons. The number of rotatable bonds is 6. The number of aromatic carboxylic acids is 1. The molecular weight excluding hydrogens is 410 g/mol. The number of nitrogens with zero attached hydrogens (tertiary/aromatic N) is 4. The van der Waals surface area contributed by atoms with E-state index in [0.29, 0.717) is 36.2 Å². The molecule has 0 bridgehead atoms. The quantitative estimate of drug-likeness (QED) is 0.366. The van der Waals surface area contributed by atoms with Crippen molar-refractivity contribution in [3.8, 4) is 0 Å². The van der Waals surface area contributed by atoms with E-state index in [1.807, 2.05) is 12.1 Å². The molecule has 32 heavy (non-hydrogen) atoms. The van der Waals surface area contributed by atoms with Crippen molar-refractivity contribution in [3.63, 3.8) is 0 Å². The number of hydrogen-bond donors (Lipinski definition) is 4. The number of carboxylic acids is 1. The number of hydrogen-bond acceptors (Lipinski definition) is 7. The van der Waals surface area contributed by atoms with Crippen molar-refractivity contribution >= 4 is 28.7 Å². The van der Waals surface area contributed by atoms with Crippen molar-refractivity contribution in [1.29, 1.82) is 0 Å². The lowest BCUT2D eigenvalue weighted by Crippen LogP contribution is -2.28. The van der Waals surface area contributed by atoms with Gasteiger partial charge in [0.15, 0.2) is 11.5 Å². The highest BCUT2D eigenvalue weighted by Crippen LogP contribution is 2.32. The molecule has 1 atom stereocenters. The van der Waals surface area contributed by atoms with Gasteiger partial charge in [0.25, 0.3) is 5.91 Å². The Morgan fingerprint density at radius 2 is 2.00 bits per heavy atom. The van der Waals surface area contributed by atoms with Crippen LogP contribution >= 0.6 is 0 Å². The standard InChI is InChI=1S/C22H19N7O3/c30-21(27-16-4-2-13-9-14(22(31)32)1-3-15(13)16)19-17-18(25-11-26-19)20(29-28-17)24-10-12-5-7-23-8-6-12/h1,3,5-9,11,16H,2,4,10H2,(H,27,30)(H,31,32)(H2,24,28,29)/t16-/m0/s1. The molecule has 4 aromatic rings. The Hall–Kier alpha value is -4.34. The first-order valence-electron chi connectivity index (χ1n) is 10.1. The number of carbonyl (C=O) groups excluding carboxylic acids is 1. The van der Waals surface area contributed by atoms with Crippen molar-refractivity contribution < 1.29 is 14.7 Å². The van der Waals surface area contributed by atoms with Crippen LogP contribution in [0.3, 0.4) is 0 Å². The maximum Gasteiger partial charge on any atom is 0.335 e. The van der Waals surface area contributed by atoms with E-state index < -0.39 is 5.97 Å². The normalized spacial score (nSPS) is 14.8. The summed E-state index contributed by atoms with van der Waals surface area (Å²) < 4.78 is 0. The zero-order chi connectivity index (χ0) is 22.1. The highest BCUT2D eigenvalue weighted by Gasteiger charge is 2.27. The summed E-state index contributed by atoms with van der Waals surface area (Å²) in [7, 11) is 0. The molecule has 0 fully saturated rings. The summed E-state index contributed by atoms with van der Waals surface area (Å²) in [5.74, 6) is -0.779. The Kier molecular flexibility index (Phi) is 4.94. The first-order chi connectivity index (χ1) is 15.6. The average Bonchev–Trinajstić information content (AvgIpc) is 3.42. The van der Waals surface area contributed by atoms with Gasteiger partial charge in [-0.3, -0.25) is 14.9 Å². The molecule has 10 nitrogen and oxygen atoms in total. The summed E-state index contributed by atoms with van der Waals surface area (Å²) in [6.45, 7) is 0.533. The molecule has 1 aliphatic rings. The van der Waals surface area contributed by atoms with Gasteiger partial charge >= 0.3 is 5.97 Å². The van der Waals surface area contributed by atoms with Gasteiger partial charge in [0.2, 0.25) is 0 Å². The number of amides is 1. The first kappa shape index (κ1) is 19.6. The predicted octanol–water partition coefficient (Wildman–Crippen LogP) is 2.48. The number of nitrogens with one attached hydrogen (secondary N) is 3. The molecule has 1 aromatic carbocycles. The minimum absolute atomic E-state index is 0.204. The summed E-state index contributed by atoms with van der Waals surface area (Å²) in [5.41, 5.74) is 4.32. The van der Waals surface area contributed by atoms with E-state index in [4.69, 9.17) is 0 Å². The van der Waals surface area contributed by atoms with Gasteiger partial charge < -0.3 is 15.7 Å². The predicted molar refractivity (Wildman–Crippen MR) is 115 cm³/mol. The number of H-pyrrole nitrogens is 1. The number of fused-ring (bicyclic) bond motifs is 2. The van der Waals surface area contributed by atoms with E-state index in [-0.39, 0.29) is 23.2 Å². The highest BCUT2D eigenvalue weighted by atomic mass is 16.4. The number of aromatic nitrogens is 5. The maximum atomic E-state index is 13.0. The van der Waals surface area contributed by atoms with Crippen LogP contribution in [0.2, 0.25) is 0 Å². The lowest BCUT2D eigenvalue weighted by molar-refractivity contribution is 0.0696. The molecule has 0 saturated heterocycles. The molecule has 1 aliphatic carbocycles. The van der Waals surface area contributed by atoms with Gasteiger partial charge in [0.05, 0.1) is 11.6 Å². The smallest absolute Gasteiger partial charge is 0.335 e. The van der Waals surface area contributed by atoms with Crippen LogP contribution < -0.4 is 10.6 Å². The molecule has 3 heterocycles. The summed E-state index contributed by atoms with van der Waals surface area (Å²) in [5, 5.41) is 22.5. The van der Waals surface area contributed by atoms with Gasteiger partial charge in [0.1, 0.15) is 17.4 Å². The topological polar surface area (TPSA) is 146 Å². The number of carboxylic acid groups (broad SMARTS) is 1. The molecule has 1 amide bonds. The van der Waals surface area contributed by atoms with Crippen LogP contribution in [0.15, 0.2) is 49.1 Å². The summed E-state index contributed by atoms with van der Waals surface area (Å²) >= 11 is 0. The minimum atomic E-state index is -0.962. The number of anilines is 1. The van der Waals surface area contributed by atoms with Gasteiger partial charge in [-0.2, -0.15) is 5.10 Å². The molecule has 3 aromatic heterocycles. The molecule has 160 valence electrons. The number of pyridine rings is 1. The minimum Gasteiger partial charge on any atom is -0.478 e. The maximum absolute atomic E-state index is 13.0. The SMILES string of the molecule is O=C(O)c1ccc2c(c1)CC[C@@H]2NC(=O)c1ncnc2c(NCc3ccncc3)n[nH]c12. The van der Waals surface area contributed by atoms with Crippen molar-refractivity contribution in [1.82, 2.24) is 30.5 Å². The molecule has 10 heteroatoms. The third-order valence-electron chi connectivity index (χ3n) is 5.55. The third-order valence-corrected chi connectivity index (χ3v) is 5.55. The molecular formula is C22H19N7O3. The van der Waals surface area contributed by atoms with E-state index >= 15 is 0 Å². The van der Waals surface area contributed by atoms with Crippen LogP contribution in [0, 0.1) is 0 Å². The van der Waals surface area contributed by atoms with Crippen molar-refractivity contribution in [2.24, 2.45) is 0 Å². The molecule has 0 aliphatic heterocycles. The Morgan fingerprint density at radius 3 is 2.81 bits per heavy atom. The zero-order valence-electron chi connectivity index (χ0n) is 16.9. The second-order valence-corrected chi connectivity index (χ2v) is 7.51. The van der Waals surface area contributed by atoms with Gasteiger partial charge in [-0.25, -0.2) is 14.8 Å². The van der Waals surface area contributed by atoms with E-state index in [1.54, 1.807) is 30.6 Å². The second kappa shape index (κ2) is 8.06. The van der Waals surface area contributed by atoms with Crippen LogP contribution in [0.25, 0.3) is 11.0 Å². The zero-order valence-corrected chi connectivity index (χ0v) is 16.9. The lowest BCUT2D eigenvalue weighted by Gasteiger charge is -2.14. The largest absolute Gasteiger partial charge is 0.478 e. The van der Waals surface area contributed by atoms with Gasteiger partial charge in [-0.15, -0.1) is 0 Å². The number of carbonyl (C=O) groups is 2. The van der Waals surface area contributed by atoms with E-state index in [0.717, 1.165) is 16.7 Å². The van der Waals surface area contributed by atoms with Gasteiger partial charge in [0, 0.05) is 18.9 Å². The lowest BCUT2D eigenvalue weighted by atomic mass is 10.0. The molecule has 0 unspecified atom stereocenters. The third kappa shape index (κ3) is 3.62. The first-order valence-corrected chi connectivity index (χ1v) is 10.1. The summed E-state index contributed by atoms with van der Waals surface area (Å²) in [4.78, 5) is 36.7. The summed E-state index contributed by atoms with van der Waals surface area (Å²) in [6, 6.07) is 8.58. The van der Waals surface area contributed by atoms with Crippen LogP contribution in [0.1, 0.15) is 50.0 Å². The monoisotopic (exact) mass is 429 g/mol. The van der Waals surface area contributed by atoms with Crippen LogP contribution in [-0.4, -0.2) is 42.1 Å². The second-order valence-electron chi connectivity index (χ2n) is 7.51. The Labute approximate surface area is 182 Å². The van der Waals surface area contributed by atoms with Crippen molar-refractivity contribution in [2.75, 3.05) is 5.32 Å². The van der Waals surface area contributed by atoms with E-state index in [2.05, 4.69) is 35.8 Å². The Morgan fingerprint density at radius 1 is 1.16 bits per heavy atom. The Balaban J connectivity index is 1.35. The fourth-order valence-corrected chi connectivity index (χ4v) is 3.94. The number of aromatic amines is 1.